The van der Waals surface area contributed by atoms with Crippen LogP contribution in [0, 0.1) is 13.8 Å². The third-order valence-electron chi connectivity index (χ3n) is 11.8. The Balaban J connectivity index is 1.40. The molecule has 1 unspecified atom stereocenters. The molecule has 4 nitrogen and oxygen atoms in total. The molecule has 9 rings (SSSR count). The molecule has 4 heteroatoms. The van der Waals surface area contributed by atoms with Gasteiger partial charge in [-0.2, -0.15) is 0 Å². The Morgan fingerprint density at radius 2 is 1.41 bits per heavy atom. The molecule has 1 saturated carbocycles. The van der Waals surface area contributed by atoms with Crippen molar-refractivity contribution in [3.63, 3.8) is 0 Å². The first-order chi connectivity index (χ1) is 24.0. The highest BCUT2D eigenvalue weighted by molar-refractivity contribution is 6.11. The van der Waals surface area contributed by atoms with Crippen LogP contribution >= 0.6 is 0 Å². The number of benzene rings is 5. The molecule has 0 N–H and O–H groups in total. The summed E-state index contributed by atoms with van der Waals surface area (Å²) in [5.41, 5.74) is 12.0. The molecule has 4 aliphatic rings. The fraction of sp³-hybridized carbons (Fsp3) is 0.333. The van der Waals surface area contributed by atoms with Gasteiger partial charge in [-0.3, -0.25) is 0 Å². The zero-order valence-electron chi connectivity index (χ0n) is 29.1. The van der Waals surface area contributed by atoms with Gasteiger partial charge in [0.15, 0.2) is 17.1 Å². The van der Waals surface area contributed by atoms with Crippen molar-refractivity contribution >= 4 is 16.8 Å². The minimum Gasteiger partial charge on any atom is -0.497 e. The highest BCUT2D eigenvalue weighted by Gasteiger charge is 2.49. The molecule has 1 atom stereocenters. The minimum absolute atomic E-state index is 0.0701. The van der Waals surface area contributed by atoms with Crippen molar-refractivity contribution in [3.05, 3.63) is 123 Å². The summed E-state index contributed by atoms with van der Waals surface area (Å²) in [5, 5.41) is 2.37. The van der Waals surface area contributed by atoms with Crippen LogP contribution in [0.2, 0.25) is 0 Å². The fourth-order valence-corrected chi connectivity index (χ4v) is 9.46. The van der Waals surface area contributed by atoms with E-state index in [9.17, 15) is 0 Å². The van der Waals surface area contributed by atoms with E-state index in [1.54, 1.807) is 14.2 Å². The van der Waals surface area contributed by atoms with Crippen LogP contribution in [0.25, 0.3) is 28.0 Å². The second-order valence-electron chi connectivity index (χ2n) is 14.6. The first-order valence-corrected chi connectivity index (χ1v) is 18.1. The molecule has 2 aliphatic carbocycles. The third-order valence-corrected chi connectivity index (χ3v) is 11.8. The van der Waals surface area contributed by atoms with E-state index in [0.29, 0.717) is 6.61 Å². The van der Waals surface area contributed by atoms with Gasteiger partial charge in [-0.25, -0.2) is 0 Å². The van der Waals surface area contributed by atoms with Crippen LogP contribution in [-0.4, -0.2) is 20.8 Å². The van der Waals surface area contributed by atoms with Crippen molar-refractivity contribution < 1.29 is 18.9 Å². The third kappa shape index (κ3) is 4.42. The van der Waals surface area contributed by atoms with E-state index in [1.165, 1.54) is 82.0 Å². The Kier molecular flexibility index (Phi) is 7.09. The molecule has 2 heterocycles. The first kappa shape index (κ1) is 30.4. The molecule has 0 saturated heterocycles. The summed E-state index contributed by atoms with van der Waals surface area (Å²) in [6, 6.07) is 26.5. The largest absolute Gasteiger partial charge is 0.497 e. The topological polar surface area (TPSA) is 36.9 Å². The SMILES string of the molecule is COc1ccc(C2(c3ccc(C)cc3)C=Cc3c4c(c5c6c(c(OC)cc5c3O2)OCC6)-c2ccc(C)cc2C42CCCCCCC2)cc1. The summed E-state index contributed by atoms with van der Waals surface area (Å²) in [5.74, 6) is 3.42. The van der Waals surface area contributed by atoms with E-state index in [2.05, 4.69) is 86.7 Å². The molecule has 0 bridgehead atoms. The molecule has 1 fully saturated rings. The maximum atomic E-state index is 7.69. The van der Waals surface area contributed by atoms with E-state index in [0.717, 1.165) is 58.8 Å². The van der Waals surface area contributed by atoms with Gasteiger partial charge >= 0.3 is 0 Å². The highest BCUT2D eigenvalue weighted by Crippen LogP contribution is 2.63. The lowest BCUT2D eigenvalue weighted by molar-refractivity contribution is 0.163. The Labute approximate surface area is 289 Å². The van der Waals surface area contributed by atoms with Crippen molar-refractivity contribution in [2.24, 2.45) is 0 Å². The van der Waals surface area contributed by atoms with Gasteiger partial charge in [0.25, 0.3) is 0 Å². The molecular weight excluding hydrogens is 604 g/mol. The Bertz CT molecular complexity index is 2130. The smallest absolute Gasteiger partial charge is 0.178 e. The minimum atomic E-state index is -0.840. The first-order valence-electron chi connectivity index (χ1n) is 18.1. The second kappa shape index (κ2) is 11.4. The van der Waals surface area contributed by atoms with Gasteiger partial charge in [-0.15, -0.1) is 0 Å². The van der Waals surface area contributed by atoms with Crippen LogP contribution in [0.4, 0.5) is 0 Å². The number of hydrogen-bond acceptors (Lipinski definition) is 4. The standard InChI is InChI=1S/C45H44O4/c1-28-10-13-30(14-11-28)45(31-15-17-32(46-3)18-16-31)24-20-35-41-40(39-34-21-25-48-43(34)38(47-4)27-36(39)42(35)49-45)33-19-12-29(2)26-37(33)44(41)22-8-6-5-7-9-23-44/h10-20,24,26-27H,5-9,21-23,25H2,1-4H3. The van der Waals surface area contributed by atoms with E-state index in [4.69, 9.17) is 18.9 Å². The highest BCUT2D eigenvalue weighted by atomic mass is 16.5. The van der Waals surface area contributed by atoms with Gasteiger partial charge in [0, 0.05) is 44.9 Å². The predicted octanol–water partition coefficient (Wildman–Crippen LogP) is 10.8. The number of methoxy groups -OCH3 is 2. The Morgan fingerprint density at radius 3 is 2.12 bits per heavy atom. The summed E-state index contributed by atoms with van der Waals surface area (Å²) in [4.78, 5) is 0. The monoisotopic (exact) mass is 648 g/mol. The number of rotatable bonds is 4. The summed E-state index contributed by atoms with van der Waals surface area (Å²) < 4.78 is 25.7. The molecule has 1 spiro atoms. The lowest BCUT2D eigenvalue weighted by Crippen LogP contribution is -2.35. The lowest BCUT2D eigenvalue weighted by Gasteiger charge is -2.40. The molecule has 0 radical (unpaired) electrons. The molecular formula is C45H44O4. The predicted molar refractivity (Wildman–Crippen MR) is 198 cm³/mol. The van der Waals surface area contributed by atoms with Gasteiger partial charge in [0.05, 0.1) is 20.8 Å². The van der Waals surface area contributed by atoms with E-state index < -0.39 is 5.60 Å². The van der Waals surface area contributed by atoms with Gasteiger partial charge in [-0.1, -0.05) is 104 Å². The Hall–Kier alpha value is -4.70. The average Bonchev–Trinajstić information content (AvgIpc) is 3.72. The van der Waals surface area contributed by atoms with Gasteiger partial charge in [0.2, 0.25) is 0 Å². The number of aryl methyl sites for hydroxylation is 2. The molecule has 5 aromatic rings. The van der Waals surface area contributed by atoms with Crippen molar-refractivity contribution in [3.8, 4) is 34.1 Å². The summed E-state index contributed by atoms with van der Waals surface area (Å²) in [7, 11) is 3.46. The van der Waals surface area contributed by atoms with Gasteiger partial charge < -0.3 is 18.9 Å². The van der Waals surface area contributed by atoms with Gasteiger partial charge in [-0.05, 0) is 73.2 Å². The van der Waals surface area contributed by atoms with Gasteiger partial charge in [0.1, 0.15) is 11.5 Å². The van der Waals surface area contributed by atoms with Crippen molar-refractivity contribution in [1.82, 2.24) is 0 Å². The van der Waals surface area contributed by atoms with Crippen LogP contribution in [0.5, 0.6) is 23.0 Å². The summed E-state index contributed by atoms with van der Waals surface area (Å²) in [6.07, 6.45) is 14.2. The van der Waals surface area contributed by atoms with Crippen LogP contribution in [0.15, 0.2) is 78.9 Å². The van der Waals surface area contributed by atoms with Crippen LogP contribution in [-0.2, 0) is 17.4 Å². The number of ether oxygens (including phenoxy) is 4. The van der Waals surface area contributed by atoms with Crippen LogP contribution < -0.4 is 18.9 Å². The van der Waals surface area contributed by atoms with Crippen LogP contribution in [0.1, 0.15) is 89.5 Å². The van der Waals surface area contributed by atoms with Crippen molar-refractivity contribution in [1.29, 1.82) is 0 Å². The molecule has 248 valence electrons. The molecule has 5 aromatic carbocycles. The normalized spacial score (nSPS) is 20.0. The number of fused-ring (bicyclic) bond motifs is 12. The van der Waals surface area contributed by atoms with Crippen molar-refractivity contribution in [2.45, 2.75) is 76.2 Å². The average molecular weight is 649 g/mol. The fourth-order valence-electron chi connectivity index (χ4n) is 9.46. The van der Waals surface area contributed by atoms with E-state index in [1.807, 2.05) is 12.1 Å². The maximum Gasteiger partial charge on any atom is 0.178 e. The number of hydrogen-bond donors (Lipinski definition) is 0. The second-order valence-corrected chi connectivity index (χ2v) is 14.6. The zero-order valence-corrected chi connectivity index (χ0v) is 29.1. The molecule has 49 heavy (non-hydrogen) atoms. The maximum absolute atomic E-state index is 7.69. The van der Waals surface area contributed by atoms with Crippen LogP contribution in [0.3, 0.4) is 0 Å². The van der Waals surface area contributed by atoms with Crippen molar-refractivity contribution in [2.75, 3.05) is 20.8 Å². The van der Waals surface area contributed by atoms with E-state index >= 15 is 0 Å². The molecule has 2 aliphatic heterocycles. The molecule has 0 amide bonds. The zero-order chi connectivity index (χ0) is 33.3. The lowest BCUT2D eigenvalue weighted by atomic mass is 9.67. The summed E-state index contributed by atoms with van der Waals surface area (Å²) in [6.45, 7) is 5.04. The summed E-state index contributed by atoms with van der Waals surface area (Å²) >= 11 is 0. The van der Waals surface area contributed by atoms with E-state index in [-0.39, 0.29) is 5.41 Å². The molecule has 0 aromatic heterocycles. The Morgan fingerprint density at radius 1 is 0.714 bits per heavy atom. The quantitative estimate of drug-likeness (QED) is 0.194.